The van der Waals surface area contributed by atoms with Gasteiger partial charge in [-0.2, -0.15) is 5.26 Å². The second kappa shape index (κ2) is 7.68. The monoisotopic (exact) mass is 286 g/mol. The molecular weight excluding hydrogens is 264 g/mol. The highest BCUT2D eigenvalue weighted by Gasteiger charge is 2.21. The molecule has 1 fully saturated rings. The largest absolute Gasteiger partial charge is 0.482 e. The van der Waals surface area contributed by atoms with Gasteiger partial charge in [-0.1, -0.05) is 31.4 Å². The summed E-state index contributed by atoms with van der Waals surface area (Å²) in [5.74, 6) is 0.912. The van der Waals surface area contributed by atoms with Crippen LogP contribution in [0.15, 0.2) is 24.3 Å². The van der Waals surface area contributed by atoms with Gasteiger partial charge in [0.15, 0.2) is 6.61 Å². The molecule has 1 atom stereocenters. The molecule has 0 spiro atoms. The molecule has 1 unspecified atom stereocenters. The Morgan fingerprint density at radius 3 is 2.81 bits per heavy atom. The minimum Gasteiger partial charge on any atom is -0.482 e. The Bertz CT molecular complexity index is 516. The second-order valence-electron chi connectivity index (χ2n) is 5.65. The Balaban J connectivity index is 1.80. The first-order valence-corrected chi connectivity index (χ1v) is 7.62. The molecule has 0 aromatic heterocycles. The van der Waals surface area contributed by atoms with Crippen molar-refractivity contribution in [2.45, 2.75) is 45.1 Å². The average molecular weight is 286 g/mol. The molecule has 1 N–H and O–H groups in total. The normalized spacial score (nSPS) is 16.8. The predicted octanol–water partition coefficient (Wildman–Crippen LogP) is 3.02. The molecule has 21 heavy (non-hydrogen) atoms. The highest BCUT2D eigenvalue weighted by Crippen LogP contribution is 2.26. The van der Waals surface area contributed by atoms with Crippen molar-refractivity contribution in [3.63, 3.8) is 0 Å². The van der Waals surface area contributed by atoms with E-state index in [2.05, 4.69) is 18.3 Å². The number of hydrogen-bond donors (Lipinski definition) is 1. The van der Waals surface area contributed by atoms with E-state index in [0.29, 0.717) is 17.2 Å². The van der Waals surface area contributed by atoms with Crippen LogP contribution in [0.5, 0.6) is 5.75 Å². The Morgan fingerprint density at radius 1 is 1.38 bits per heavy atom. The summed E-state index contributed by atoms with van der Waals surface area (Å²) in [5.41, 5.74) is 0.450. The molecule has 1 saturated carbocycles. The predicted molar refractivity (Wildman–Crippen MR) is 80.8 cm³/mol. The zero-order valence-corrected chi connectivity index (χ0v) is 12.5. The first-order chi connectivity index (χ1) is 10.2. The SMILES string of the molecule is CC(NC(=O)COc1ccccc1C#N)C1CCCCC1. The number of nitrogens with zero attached hydrogens (tertiary/aromatic N) is 1. The van der Waals surface area contributed by atoms with Crippen LogP contribution in [-0.4, -0.2) is 18.6 Å². The molecule has 2 rings (SSSR count). The first kappa shape index (κ1) is 15.4. The zero-order valence-electron chi connectivity index (χ0n) is 12.5. The summed E-state index contributed by atoms with van der Waals surface area (Å²) in [7, 11) is 0. The van der Waals surface area contributed by atoms with Gasteiger partial charge in [0, 0.05) is 6.04 Å². The standard InChI is InChI=1S/C17H22N2O2/c1-13(14-7-3-2-4-8-14)19-17(20)12-21-16-10-6-5-9-15(16)11-18/h5-6,9-10,13-14H,2-4,7-8,12H2,1H3,(H,19,20). The van der Waals surface area contributed by atoms with E-state index >= 15 is 0 Å². The number of carbonyl (C=O) groups excluding carboxylic acids is 1. The number of benzene rings is 1. The molecule has 0 saturated heterocycles. The average Bonchev–Trinajstić information content (AvgIpc) is 2.54. The molecule has 0 aliphatic heterocycles. The number of ether oxygens (including phenoxy) is 1. The van der Waals surface area contributed by atoms with Crippen LogP contribution >= 0.6 is 0 Å². The number of amides is 1. The summed E-state index contributed by atoms with van der Waals surface area (Å²) in [5, 5.41) is 12.0. The Labute approximate surface area is 126 Å². The Hall–Kier alpha value is -2.02. The van der Waals surface area contributed by atoms with E-state index in [1.165, 1.54) is 32.1 Å². The number of para-hydroxylation sites is 1. The number of hydrogen-bond acceptors (Lipinski definition) is 3. The number of nitriles is 1. The first-order valence-electron chi connectivity index (χ1n) is 7.62. The van der Waals surface area contributed by atoms with Gasteiger partial charge < -0.3 is 10.1 Å². The van der Waals surface area contributed by atoms with Gasteiger partial charge in [-0.25, -0.2) is 0 Å². The quantitative estimate of drug-likeness (QED) is 0.905. The fourth-order valence-electron chi connectivity index (χ4n) is 2.88. The van der Waals surface area contributed by atoms with Crippen LogP contribution < -0.4 is 10.1 Å². The van der Waals surface area contributed by atoms with Crippen LogP contribution in [0, 0.1) is 17.2 Å². The van der Waals surface area contributed by atoms with Gasteiger partial charge in [0.25, 0.3) is 5.91 Å². The van der Waals surface area contributed by atoms with Gasteiger partial charge in [0.2, 0.25) is 0 Å². The molecule has 1 amide bonds. The van der Waals surface area contributed by atoms with Crippen LogP contribution in [0.1, 0.15) is 44.6 Å². The summed E-state index contributed by atoms with van der Waals surface area (Å²) in [6.45, 7) is 2.02. The minimum atomic E-state index is -0.124. The lowest BCUT2D eigenvalue weighted by Gasteiger charge is -2.28. The molecule has 112 valence electrons. The van der Waals surface area contributed by atoms with E-state index in [9.17, 15) is 4.79 Å². The van der Waals surface area contributed by atoms with Crippen molar-refractivity contribution in [1.82, 2.24) is 5.32 Å². The molecule has 4 nitrogen and oxygen atoms in total. The second-order valence-corrected chi connectivity index (χ2v) is 5.65. The summed E-state index contributed by atoms with van der Waals surface area (Å²) in [6.07, 6.45) is 6.22. The van der Waals surface area contributed by atoms with E-state index in [0.717, 1.165) is 0 Å². The van der Waals surface area contributed by atoms with E-state index in [1.807, 2.05) is 0 Å². The van der Waals surface area contributed by atoms with Crippen molar-refractivity contribution in [3.05, 3.63) is 29.8 Å². The number of rotatable bonds is 5. The highest BCUT2D eigenvalue weighted by atomic mass is 16.5. The number of nitrogens with one attached hydrogen (secondary N) is 1. The van der Waals surface area contributed by atoms with Gasteiger partial charge in [0.1, 0.15) is 11.8 Å². The van der Waals surface area contributed by atoms with Crippen LogP contribution in [0.25, 0.3) is 0 Å². The van der Waals surface area contributed by atoms with Crippen molar-refractivity contribution in [3.8, 4) is 11.8 Å². The summed E-state index contributed by atoms with van der Waals surface area (Å²) < 4.78 is 5.44. The highest BCUT2D eigenvalue weighted by molar-refractivity contribution is 5.77. The van der Waals surface area contributed by atoms with Crippen LogP contribution in [0.4, 0.5) is 0 Å². The third kappa shape index (κ3) is 4.49. The van der Waals surface area contributed by atoms with E-state index in [1.54, 1.807) is 24.3 Å². The molecule has 0 heterocycles. The molecular formula is C17H22N2O2. The molecule has 1 aromatic carbocycles. The molecule has 0 bridgehead atoms. The lowest BCUT2D eigenvalue weighted by molar-refractivity contribution is -0.124. The summed E-state index contributed by atoms with van der Waals surface area (Å²) >= 11 is 0. The molecule has 1 aromatic rings. The topological polar surface area (TPSA) is 62.1 Å². The Kier molecular flexibility index (Phi) is 5.62. The van der Waals surface area contributed by atoms with Gasteiger partial charge in [0.05, 0.1) is 5.56 Å². The third-order valence-electron chi connectivity index (χ3n) is 4.11. The lowest BCUT2D eigenvalue weighted by atomic mass is 9.84. The van der Waals surface area contributed by atoms with Crippen molar-refractivity contribution >= 4 is 5.91 Å². The minimum absolute atomic E-state index is 0.0459. The van der Waals surface area contributed by atoms with E-state index < -0.39 is 0 Å². The zero-order chi connectivity index (χ0) is 15.1. The Morgan fingerprint density at radius 2 is 2.10 bits per heavy atom. The maximum atomic E-state index is 12.0. The van der Waals surface area contributed by atoms with E-state index in [4.69, 9.17) is 10.00 Å². The fraction of sp³-hybridized carbons (Fsp3) is 0.529. The van der Waals surface area contributed by atoms with Crippen LogP contribution in [-0.2, 0) is 4.79 Å². The van der Waals surface area contributed by atoms with Crippen LogP contribution in [0.3, 0.4) is 0 Å². The summed E-state index contributed by atoms with van der Waals surface area (Å²) in [4.78, 5) is 12.0. The maximum absolute atomic E-state index is 12.0. The van der Waals surface area contributed by atoms with Crippen LogP contribution in [0.2, 0.25) is 0 Å². The van der Waals surface area contributed by atoms with E-state index in [-0.39, 0.29) is 18.6 Å². The van der Waals surface area contributed by atoms with Gasteiger partial charge in [-0.15, -0.1) is 0 Å². The van der Waals surface area contributed by atoms with Gasteiger partial charge >= 0.3 is 0 Å². The summed E-state index contributed by atoms with van der Waals surface area (Å²) in [6, 6.07) is 9.19. The van der Waals surface area contributed by atoms with Crippen molar-refractivity contribution in [2.75, 3.05) is 6.61 Å². The molecule has 1 aliphatic rings. The van der Waals surface area contributed by atoms with Crippen molar-refractivity contribution in [1.29, 1.82) is 5.26 Å². The van der Waals surface area contributed by atoms with Gasteiger partial charge in [-0.3, -0.25) is 4.79 Å². The number of carbonyl (C=O) groups is 1. The maximum Gasteiger partial charge on any atom is 0.258 e. The third-order valence-corrected chi connectivity index (χ3v) is 4.11. The smallest absolute Gasteiger partial charge is 0.258 e. The van der Waals surface area contributed by atoms with Crippen molar-refractivity contribution < 1.29 is 9.53 Å². The molecule has 4 heteroatoms. The molecule has 0 radical (unpaired) electrons. The van der Waals surface area contributed by atoms with Gasteiger partial charge in [-0.05, 0) is 37.8 Å². The molecule has 1 aliphatic carbocycles. The fourth-order valence-corrected chi connectivity index (χ4v) is 2.88. The van der Waals surface area contributed by atoms with Crippen molar-refractivity contribution in [2.24, 2.45) is 5.92 Å². The lowest BCUT2D eigenvalue weighted by Crippen LogP contribution is -2.41.